The molecule has 0 spiro atoms. The Bertz CT molecular complexity index is 678. The van der Waals surface area contributed by atoms with Crippen molar-refractivity contribution < 1.29 is 4.79 Å². The van der Waals surface area contributed by atoms with E-state index in [-0.39, 0.29) is 5.91 Å². The fourth-order valence-corrected chi connectivity index (χ4v) is 2.34. The number of rotatable bonds is 5. The van der Waals surface area contributed by atoms with Crippen molar-refractivity contribution in [2.75, 3.05) is 5.32 Å². The molecule has 112 valence electrons. The molecular weight excluding hydrogens is 270 g/mol. The van der Waals surface area contributed by atoms with Gasteiger partial charge in [0.2, 0.25) is 5.91 Å². The van der Waals surface area contributed by atoms with E-state index in [0.29, 0.717) is 12.3 Å². The molecule has 1 amide bonds. The molecule has 0 unspecified atom stereocenters. The summed E-state index contributed by atoms with van der Waals surface area (Å²) >= 11 is 0. The van der Waals surface area contributed by atoms with Gasteiger partial charge in [-0.25, -0.2) is 0 Å². The molecular formula is C20H21NO. The van der Waals surface area contributed by atoms with Crippen molar-refractivity contribution in [1.29, 1.82) is 0 Å². The monoisotopic (exact) mass is 291 g/mol. The van der Waals surface area contributed by atoms with E-state index in [2.05, 4.69) is 37.2 Å². The lowest BCUT2D eigenvalue weighted by atomic mass is 10.0. The van der Waals surface area contributed by atoms with Crippen LogP contribution < -0.4 is 5.32 Å². The van der Waals surface area contributed by atoms with Gasteiger partial charge in [0, 0.05) is 11.3 Å². The van der Waals surface area contributed by atoms with Gasteiger partial charge in [-0.15, -0.1) is 6.42 Å². The van der Waals surface area contributed by atoms with Gasteiger partial charge >= 0.3 is 0 Å². The van der Waals surface area contributed by atoms with Gasteiger partial charge in [-0.05, 0) is 41.7 Å². The summed E-state index contributed by atoms with van der Waals surface area (Å²) in [4.78, 5) is 12.1. The van der Waals surface area contributed by atoms with E-state index in [1.807, 2.05) is 30.3 Å². The van der Waals surface area contributed by atoms with Crippen LogP contribution in [-0.2, 0) is 17.6 Å². The van der Waals surface area contributed by atoms with Gasteiger partial charge in [-0.1, -0.05) is 50.1 Å². The quantitative estimate of drug-likeness (QED) is 0.827. The molecule has 0 saturated heterocycles. The van der Waals surface area contributed by atoms with Crippen LogP contribution in [0.4, 0.5) is 5.69 Å². The highest BCUT2D eigenvalue weighted by atomic mass is 16.1. The van der Waals surface area contributed by atoms with Gasteiger partial charge in [-0.2, -0.15) is 0 Å². The van der Waals surface area contributed by atoms with Crippen LogP contribution in [0, 0.1) is 18.3 Å². The molecule has 0 saturated carbocycles. The van der Waals surface area contributed by atoms with Gasteiger partial charge in [0.25, 0.3) is 0 Å². The lowest BCUT2D eigenvalue weighted by Gasteiger charge is -2.08. The molecule has 0 fully saturated rings. The van der Waals surface area contributed by atoms with Gasteiger partial charge in [0.15, 0.2) is 0 Å². The molecule has 2 aromatic rings. The number of hydrogen-bond acceptors (Lipinski definition) is 1. The molecule has 1 N–H and O–H groups in total. The fourth-order valence-electron chi connectivity index (χ4n) is 2.34. The molecule has 2 aromatic carbocycles. The number of terminal acetylenes is 1. The highest BCUT2D eigenvalue weighted by Crippen LogP contribution is 2.13. The normalized spacial score (nSPS) is 10.3. The summed E-state index contributed by atoms with van der Waals surface area (Å²) in [5.41, 5.74) is 3.81. The molecule has 0 aliphatic carbocycles. The predicted molar refractivity (Wildman–Crippen MR) is 91.7 cm³/mol. The van der Waals surface area contributed by atoms with Crippen molar-refractivity contribution in [3.8, 4) is 12.3 Å². The SMILES string of the molecule is C#Cc1cccc(NC(=O)Cc2ccc(CC(C)C)cc2)c1. The van der Waals surface area contributed by atoms with E-state index >= 15 is 0 Å². The van der Waals surface area contributed by atoms with Crippen molar-refractivity contribution in [3.63, 3.8) is 0 Å². The first-order valence-corrected chi connectivity index (χ1v) is 7.51. The minimum Gasteiger partial charge on any atom is -0.326 e. The standard InChI is InChI=1S/C20H21NO/c1-4-16-6-5-7-19(13-16)21-20(22)14-18-10-8-17(9-11-18)12-15(2)3/h1,5-11,13,15H,12,14H2,2-3H3,(H,21,22). The molecule has 0 aromatic heterocycles. The number of anilines is 1. The van der Waals surface area contributed by atoms with Crippen LogP contribution in [0.25, 0.3) is 0 Å². The molecule has 0 radical (unpaired) electrons. The van der Waals surface area contributed by atoms with Crippen LogP contribution in [0.2, 0.25) is 0 Å². The summed E-state index contributed by atoms with van der Waals surface area (Å²) in [5, 5.41) is 2.88. The van der Waals surface area contributed by atoms with E-state index in [1.165, 1.54) is 5.56 Å². The molecule has 22 heavy (non-hydrogen) atoms. The van der Waals surface area contributed by atoms with Crippen molar-refractivity contribution in [1.82, 2.24) is 0 Å². The van der Waals surface area contributed by atoms with Gasteiger partial charge in [0.1, 0.15) is 0 Å². The highest BCUT2D eigenvalue weighted by Gasteiger charge is 2.05. The Labute approximate surface area is 132 Å². The zero-order chi connectivity index (χ0) is 15.9. The van der Waals surface area contributed by atoms with Gasteiger partial charge in [-0.3, -0.25) is 4.79 Å². The maximum atomic E-state index is 12.1. The summed E-state index contributed by atoms with van der Waals surface area (Å²) in [6.45, 7) is 4.40. The molecule has 0 heterocycles. The van der Waals surface area contributed by atoms with Crippen molar-refractivity contribution in [2.24, 2.45) is 5.92 Å². The topological polar surface area (TPSA) is 29.1 Å². The summed E-state index contributed by atoms with van der Waals surface area (Å²) in [5.74, 6) is 3.16. The van der Waals surface area contributed by atoms with E-state index in [4.69, 9.17) is 6.42 Å². The lowest BCUT2D eigenvalue weighted by molar-refractivity contribution is -0.115. The summed E-state index contributed by atoms with van der Waals surface area (Å²) in [7, 11) is 0. The first-order valence-electron chi connectivity index (χ1n) is 7.51. The van der Waals surface area contributed by atoms with Crippen molar-refractivity contribution in [2.45, 2.75) is 26.7 Å². The lowest BCUT2D eigenvalue weighted by Crippen LogP contribution is -2.14. The summed E-state index contributed by atoms with van der Waals surface area (Å²) in [6.07, 6.45) is 6.78. The Morgan fingerprint density at radius 2 is 1.82 bits per heavy atom. The first kappa shape index (κ1) is 15.9. The maximum absolute atomic E-state index is 12.1. The molecule has 2 heteroatoms. The van der Waals surface area contributed by atoms with Crippen LogP contribution in [0.1, 0.15) is 30.5 Å². The number of nitrogens with one attached hydrogen (secondary N) is 1. The summed E-state index contributed by atoms with van der Waals surface area (Å²) in [6, 6.07) is 15.6. The number of carbonyl (C=O) groups is 1. The second kappa shape index (κ2) is 7.47. The summed E-state index contributed by atoms with van der Waals surface area (Å²) < 4.78 is 0. The van der Waals surface area contributed by atoms with E-state index < -0.39 is 0 Å². The molecule has 2 nitrogen and oxygen atoms in total. The molecule has 0 bridgehead atoms. The van der Waals surface area contributed by atoms with Crippen LogP contribution in [0.15, 0.2) is 48.5 Å². The van der Waals surface area contributed by atoms with Crippen LogP contribution >= 0.6 is 0 Å². The molecule has 0 atom stereocenters. The Morgan fingerprint density at radius 3 is 2.45 bits per heavy atom. The zero-order valence-corrected chi connectivity index (χ0v) is 13.1. The fraction of sp³-hybridized carbons (Fsp3) is 0.250. The zero-order valence-electron chi connectivity index (χ0n) is 13.1. The van der Waals surface area contributed by atoms with Crippen molar-refractivity contribution in [3.05, 3.63) is 65.2 Å². The first-order chi connectivity index (χ1) is 10.6. The number of amides is 1. The average molecular weight is 291 g/mol. The smallest absolute Gasteiger partial charge is 0.228 e. The number of hydrogen-bond donors (Lipinski definition) is 1. The van der Waals surface area contributed by atoms with Crippen LogP contribution in [0.5, 0.6) is 0 Å². The Hall–Kier alpha value is -2.53. The minimum absolute atomic E-state index is 0.0363. The highest BCUT2D eigenvalue weighted by molar-refractivity contribution is 5.92. The largest absolute Gasteiger partial charge is 0.326 e. The molecule has 0 aliphatic rings. The molecule has 0 aliphatic heterocycles. The third kappa shape index (κ3) is 4.79. The maximum Gasteiger partial charge on any atom is 0.228 e. The number of benzene rings is 2. The Kier molecular flexibility index (Phi) is 5.38. The average Bonchev–Trinajstić information content (AvgIpc) is 2.49. The van der Waals surface area contributed by atoms with E-state index in [9.17, 15) is 4.79 Å². The van der Waals surface area contributed by atoms with E-state index in [0.717, 1.165) is 23.2 Å². The third-order valence-corrected chi connectivity index (χ3v) is 3.34. The van der Waals surface area contributed by atoms with Crippen LogP contribution in [-0.4, -0.2) is 5.91 Å². The third-order valence-electron chi connectivity index (χ3n) is 3.34. The van der Waals surface area contributed by atoms with Gasteiger partial charge < -0.3 is 5.32 Å². The number of carbonyl (C=O) groups excluding carboxylic acids is 1. The Balaban J connectivity index is 1.95. The second-order valence-electron chi connectivity index (χ2n) is 5.86. The van der Waals surface area contributed by atoms with Gasteiger partial charge in [0.05, 0.1) is 6.42 Å². The van der Waals surface area contributed by atoms with Crippen molar-refractivity contribution >= 4 is 11.6 Å². The molecule has 2 rings (SSSR count). The predicted octanol–water partition coefficient (Wildman–Crippen LogP) is 4.05. The Morgan fingerprint density at radius 1 is 1.14 bits per heavy atom. The second-order valence-corrected chi connectivity index (χ2v) is 5.86. The van der Waals surface area contributed by atoms with Crippen LogP contribution in [0.3, 0.4) is 0 Å². The minimum atomic E-state index is -0.0363. The van der Waals surface area contributed by atoms with E-state index in [1.54, 1.807) is 6.07 Å².